The van der Waals surface area contributed by atoms with Gasteiger partial charge >= 0.3 is 5.97 Å². The van der Waals surface area contributed by atoms with Crippen molar-refractivity contribution in [3.63, 3.8) is 0 Å². The maximum atomic E-state index is 12.9. The third-order valence-corrected chi connectivity index (χ3v) is 4.16. The Labute approximate surface area is 174 Å². The van der Waals surface area contributed by atoms with E-state index in [4.69, 9.17) is 20.8 Å². The second-order valence-electron chi connectivity index (χ2n) is 6.49. The number of hydrogen-bond acceptors (Lipinski definition) is 5. The van der Waals surface area contributed by atoms with Crippen LogP contribution in [0.4, 0.5) is 0 Å². The lowest BCUT2D eigenvalue weighted by molar-refractivity contribution is -0.148. The normalized spacial score (nSPS) is 12.4. The van der Waals surface area contributed by atoms with E-state index < -0.39 is 23.8 Å². The first-order valence-electron chi connectivity index (χ1n) is 9.11. The number of nitrogens with one attached hydrogen (secondary N) is 2. The van der Waals surface area contributed by atoms with Crippen molar-refractivity contribution in [3.8, 4) is 0 Å². The van der Waals surface area contributed by atoms with Gasteiger partial charge in [0.2, 0.25) is 0 Å². The second-order valence-corrected chi connectivity index (χ2v) is 6.92. The molecule has 0 aliphatic carbocycles. The maximum absolute atomic E-state index is 12.9. The summed E-state index contributed by atoms with van der Waals surface area (Å²) in [6.07, 6.45) is 2.84. The van der Waals surface area contributed by atoms with Crippen molar-refractivity contribution >= 4 is 35.5 Å². The first-order valence-corrected chi connectivity index (χ1v) is 9.49. The summed E-state index contributed by atoms with van der Waals surface area (Å²) in [6, 6.07) is 8.88. The lowest BCUT2D eigenvalue weighted by atomic mass is 10.0. The molecule has 0 bridgehead atoms. The first kappa shape index (κ1) is 22.2. The van der Waals surface area contributed by atoms with Crippen LogP contribution in [0.3, 0.4) is 0 Å². The van der Waals surface area contributed by atoms with Crippen molar-refractivity contribution < 1.29 is 23.5 Å². The van der Waals surface area contributed by atoms with E-state index in [0.717, 1.165) is 0 Å². The molecule has 1 unspecified atom stereocenters. The van der Waals surface area contributed by atoms with Crippen molar-refractivity contribution in [2.24, 2.45) is 5.92 Å². The van der Waals surface area contributed by atoms with Crippen LogP contribution in [0, 0.1) is 5.92 Å². The molecule has 0 saturated heterocycles. The summed E-state index contributed by atoms with van der Waals surface area (Å²) >= 11 is 5.90. The van der Waals surface area contributed by atoms with Gasteiger partial charge in [-0.15, -0.1) is 0 Å². The molecule has 1 aromatic heterocycles. The zero-order valence-electron chi connectivity index (χ0n) is 16.4. The van der Waals surface area contributed by atoms with Crippen LogP contribution in [0.5, 0.6) is 0 Å². The highest BCUT2D eigenvalue weighted by atomic mass is 35.5. The van der Waals surface area contributed by atoms with E-state index in [1.807, 2.05) is 0 Å². The van der Waals surface area contributed by atoms with Gasteiger partial charge in [-0.05, 0) is 48.7 Å². The second kappa shape index (κ2) is 10.5. The van der Waals surface area contributed by atoms with Gasteiger partial charge in [0.05, 0.1) is 12.9 Å². The Morgan fingerprint density at radius 3 is 2.41 bits per heavy atom. The Hall–Kier alpha value is -3.06. The molecule has 0 aliphatic heterocycles. The van der Waals surface area contributed by atoms with Crippen molar-refractivity contribution in [1.82, 2.24) is 10.6 Å². The number of esters is 1. The molecule has 2 rings (SSSR count). The molecular weight excluding hydrogens is 396 g/mol. The Morgan fingerprint density at radius 1 is 1.17 bits per heavy atom. The van der Waals surface area contributed by atoms with E-state index in [9.17, 15) is 14.4 Å². The predicted molar refractivity (Wildman–Crippen MR) is 109 cm³/mol. The van der Waals surface area contributed by atoms with Crippen molar-refractivity contribution in [2.75, 3.05) is 6.61 Å². The van der Waals surface area contributed by atoms with Gasteiger partial charge in [0.25, 0.3) is 11.8 Å². The molecule has 0 saturated carbocycles. The molecule has 8 heteroatoms. The quantitative estimate of drug-likeness (QED) is 0.505. The molecule has 7 nitrogen and oxygen atoms in total. The maximum Gasteiger partial charge on any atom is 0.328 e. The standard InChI is InChI=1S/C21H23ClN2O5/c1-4-28-21(27)18(13(2)3)24-19(25)16(12-14-7-9-15(22)10-8-14)23-20(26)17-6-5-11-29-17/h5-13,18H,4H2,1-3H3,(H,23,26)(H,24,25)/b16-12-. The average molecular weight is 419 g/mol. The summed E-state index contributed by atoms with van der Waals surface area (Å²) in [5.41, 5.74) is 0.584. The number of carbonyl (C=O) groups is 3. The molecule has 0 radical (unpaired) electrons. The minimum absolute atomic E-state index is 0.0469. The molecule has 1 atom stereocenters. The van der Waals surface area contributed by atoms with Gasteiger partial charge in [-0.1, -0.05) is 37.6 Å². The van der Waals surface area contributed by atoms with Crippen LogP contribution < -0.4 is 10.6 Å². The fourth-order valence-corrected chi connectivity index (χ4v) is 2.55. The highest BCUT2D eigenvalue weighted by Gasteiger charge is 2.27. The van der Waals surface area contributed by atoms with Crippen LogP contribution in [0.15, 0.2) is 52.8 Å². The molecule has 0 aliphatic rings. The fraction of sp³-hybridized carbons (Fsp3) is 0.286. The number of ether oxygens (including phenoxy) is 1. The monoisotopic (exact) mass is 418 g/mol. The summed E-state index contributed by atoms with van der Waals surface area (Å²) in [7, 11) is 0. The summed E-state index contributed by atoms with van der Waals surface area (Å²) in [5, 5.41) is 5.70. The summed E-state index contributed by atoms with van der Waals surface area (Å²) < 4.78 is 10.1. The van der Waals surface area contributed by atoms with E-state index in [-0.39, 0.29) is 24.0 Å². The first-order chi connectivity index (χ1) is 13.8. The number of halogens is 1. The number of benzene rings is 1. The smallest absolute Gasteiger partial charge is 0.328 e. The molecule has 0 spiro atoms. The lowest BCUT2D eigenvalue weighted by Crippen LogP contribution is -2.47. The van der Waals surface area contributed by atoms with E-state index >= 15 is 0 Å². The number of hydrogen-bond donors (Lipinski definition) is 2. The van der Waals surface area contributed by atoms with E-state index in [1.165, 1.54) is 18.4 Å². The van der Waals surface area contributed by atoms with Gasteiger partial charge in [0.15, 0.2) is 5.76 Å². The molecule has 1 aromatic carbocycles. The van der Waals surface area contributed by atoms with Crippen LogP contribution in [0.2, 0.25) is 5.02 Å². The fourth-order valence-electron chi connectivity index (χ4n) is 2.42. The van der Waals surface area contributed by atoms with Crippen molar-refractivity contribution in [3.05, 3.63) is 64.7 Å². The molecule has 0 fully saturated rings. The molecule has 2 amide bonds. The third kappa shape index (κ3) is 6.50. The summed E-state index contributed by atoms with van der Waals surface area (Å²) in [6.45, 7) is 5.45. The molecule has 2 N–H and O–H groups in total. The van der Waals surface area contributed by atoms with Gasteiger partial charge in [-0.2, -0.15) is 0 Å². The molecule has 2 aromatic rings. The van der Waals surface area contributed by atoms with Gasteiger partial charge in [0.1, 0.15) is 11.7 Å². The van der Waals surface area contributed by atoms with Gasteiger partial charge in [0, 0.05) is 5.02 Å². The lowest BCUT2D eigenvalue weighted by Gasteiger charge is -2.21. The van der Waals surface area contributed by atoms with Crippen LogP contribution >= 0.6 is 11.6 Å². The molecule has 1 heterocycles. The zero-order chi connectivity index (χ0) is 21.4. The minimum atomic E-state index is -0.864. The van der Waals surface area contributed by atoms with Crippen LogP contribution in [0.1, 0.15) is 36.9 Å². The molecule has 154 valence electrons. The van der Waals surface area contributed by atoms with Gasteiger partial charge in [-0.25, -0.2) is 4.79 Å². The van der Waals surface area contributed by atoms with Gasteiger partial charge in [-0.3, -0.25) is 9.59 Å². The third-order valence-electron chi connectivity index (χ3n) is 3.91. The Bertz CT molecular complexity index is 873. The highest BCUT2D eigenvalue weighted by molar-refractivity contribution is 6.30. The molecular formula is C21H23ClN2O5. The number of carbonyl (C=O) groups excluding carboxylic acids is 3. The van der Waals surface area contributed by atoms with E-state index in [1.54, 1.807) is 51.1 Å². The predicted octanol–water partition coefficient (Wildman–Crippen LogP) is 3.41. The average Bonchev–Trinajstić information content (AvgIpc) is 3.21. The van der Waals surface area contributed by atoms with Crippen LogP contribution in [-0.4, -0.2) is 30.4 Å². The van der Waals surface area contributed by atoms with Crippen molar-refractivity contribution in [2.45, 2.75) is 26.8 Å². The SMILES string of the molecule is CCOC(=O)C(NC(=O)/C(=C/c1ccc(Cl)cc1)NC(=O)c1ccco1)C(C)C. The number of amides is 2. The molecule has 29 heavy (non-hydrogen) atoms. The summed E-state index contributed by atoms with van der Waals surface area (Å²) in [4.78, 5) is 37.4. The van der Waals surface area contributed by atoms with E-state index in [0.29, 0.717) is 10.6 Å². The van der Waals surface area contributed by atoms with E-state index in [2.05, 4.69) is 10.6 Å². The topological polar surface area (TPSA) is 97.6 Å². The van der Waals surface area contributed by atoms with Crippen LogP contribution in [-0.2, 0) is 14.3 Å². The Morgan fingerprint density at radius 2 is 1.86 bits per heavy atom. The highest BCUT2D eigenvalue weighted by Crippen LogP contribution is 2.13. The Balaban J connectivity index is 2.29. The number of rotatable bonds is 8. The van der Waals surface area contributed by atoms with Crippen molar-refractivity contribution in [1.29, 1.82) is 0 Å². The minimum Gasteiger partial charge on any atom is -0.464 e. The zero-order valence-corrected chi connectivity index (χ0v) is 17.2. The van der Waals surface area contributed by atoms with Crippen LogP contribution in [0.25, 0.3) is 6.08 Å². The Kier molecular flexibility index (Phi) is 8.03. The van der Waals surface area contributed by atoms with Gasteiger partial charge < -0.3 is 19.8 Å². The number of furan rings is 1. The summed E-state index contributed by atoms with van der Waals surface area (Å²) in [5.74, 6) is -1.94. The largest absolute Gasteiger partial charge is 0.464 e.